The predicted molar refractivity (Wildman–Crippen MR) is 158 cm³/mol. The van der Waals surface area contributed by atoms with Gasteiger partial charge in [0.15, 0.2) is 11.5 Å². The molecule has 210 valence electrons. The number of nitrogens with zero attached hydrogens (tertiary/aromatic N) is 3. The number of carbonyl (C=O) groups is 1. The molecule has 1 aliphatic rings. The smallest absolute Gasteiger partial charge is 0.257 e. The van der Waals surface area contributed by atoms with Crippen LogP contribution in [0.3, 0.4) is 0 Å². The molecule has 10 nitrogen and oxygen atoms in total. The first kappa shape index (κ1) is 27.8. The van der Waals surface area contributed by atoms with Gasteiger partial charge in [0.05, 0.1) is 48.1 Å². The van der Waals surface area contributed by atoms with Crippen LogP contribution in [0.4, 0.5) is 11.5 Å². The van der Waals surface area contributed by atoms with Gasteiger partial charge >= 0.3 is 0 Å². The monoisotopic (exact) mass is 584 g/mol. The molecule has 3 N–H and O–H groups in total. The minimum atomic E-state index is -0.327. The third-order valence-corrected chi connectivity index (χ3v) is 7.59. The molecule has 0 radical (unpaired) electrons. The normalized spacial score (nSPS) is 14.7. The highest BCUT2D eigenvalue weighted by Crippen LogP contribution is 2.45. The highest BCUT2D eigenvalue weighted by atomic mass is 35.5. The molecule has 1 amide bonds. The number of hydrogen-bond acceptors (Lipinski definition) is 8. The molecule has 2 aromatic heterocycles. The summed E-state index contributed by atoms with van der Waals surface area (Å²) in [6.45, 7) is 6.86. The van der Waals surface area contributed by atoms with Gasteiger partial charge < -0.3 is 29.7 Å². The van der Waals surface area contributed by atoms with Crippen LogP contribution in [0, 0.1) is 0 Å². The molecule has 1 aliphatic heterocycles. The van der Waals surface area contributed by atoms with Crippen molar-refractivity contribution in [2.24, 2.45) is 0 Å². The van der Waals surface area contributed by atoms with E-state index >= 15 is 0 Å². The molecule has 4 aromatic rings. The van der Waals surface area contributed by atoms with Crippen LogP contribution in [-0.4, -0.2) is 67.6 Å². The number of piperazine rings is 1. The Morgan fingerprint density at radius 3 is 2.35 bits per heavy atom. The van der Waals surface area contributed by atoms with Gasteiger partial charge in [0.1, 0.15) is 17.2 Å². The van der Waals surface area contributed by atoms with E-state index in [4.69, 9.17) is 37.4 Å². The number of methoxy groups -OCH3 is 3. The molecule has 2 aromatic carbocycles. The minimum absolute atomic E-state index is 0.0243. The predicted octanol–water partition coefficient (Wildman–Crippen LogP) is 5.40. The van der Waals surface area contributed by atoms with Crippen molar-refractivity contribution in [1.29, 1.82) is 0 Å². The van der Waals surface area contributed by atoms with E-state index in [2.05, 4.69) is 44.6 Å². The number of halogens is 2. The van der Waals surface area contributed by atoms with Crippen molar-refractivity contribution in [3.05, 3.63) is 52.0 Å². The van der Waals surface area contributed by atoms with Crippen molar-refractivity contribution in [1.82, 2.24) is 20.5 Å². The zero-order valence-electron chi connectivity index (χ0n) is 22.8. The minimum Gasteiger partial charge on any atom is -0.495 e. The maximum Gasteiger partial charge on any atom is 0.257 e. The summed E-state index contributed by atoms with van der Waals surface area (Å²) in [7, 11) is 4.62. The number of anilines is 2. The Morgan fingerprint density at radius 1 is 1.00 bits per heavy atom. The molecular weight excluding hydrogens is 555 g/mol. The van der Waals surface area contributed by atoms with Crippen molar-refractivity contribution in [3.8, 4) is 28.5 Å². The lowest BCUT2D eigenvalue weighted by molar-refractivity contribution is 0.102. The summed E-state index contributed by atoms with van der Waals surface area (Å²) < 4.78 is 16.4. The number of pyridine rings is 1. The Balaban J connectivity index is 1.41. The van der Waals surface area contributed by atoms with Crippen molar-refractivity contribution in [2.75, 3.05) is 51.2 Å². The molecule has 1 saturated heterocycles. The second kappa shape index (κ2) is 11.0. The summed E-state index contributed by atoms with van der Waals surface area (Å²) in [6.07, 6.45) is 0. The summed E-state index contributed by atoms with van der Waals surface area (Å²) >= 11 is 13.1. The lowest BCUT2D eigenvalue weighted by Crippen LogP contribution is -2.57. The number of aromatic amines is 1. The Kier molecular flexibility index (Phi) is 7.67. The Morgan fingerprint density at radius 2 is 1.70 bits per heavy atom. The zero-order chi connectivity index (χ0) is 28.6. The zero-order valence-corrected chi connectivity index (χ0v) is 24.3. The van der Waals surface area contributed by atoms with Crippen molar-refractivity contribution in [3.63, 3.8) is 0 Å². The molecular formula is C28H30Cl2N6O4. The summed E-state index contributed by atoms with van der Waals surface area (Å²) in [5.41, 5.74) is 2.75. The lowest BCUT2D eigenvalue weighted by Gasteiger charge is -2.40. The van der Waals surface area contributed by atoms with E-state index < -0.39 is 0 Å². The van der Waals surface area contributed by atoms with Gasteiger partial charge in [0.25, 0.3) is 5.91 Å². The molecule has 0 saturated carbocycles. The van der Waals surface area contributed by atoms with Crippen LogP contribution in [0.25, 0.3) is 22.3 Å². The highest BCUT2D eigenvalue weighted by molar-refractivity contribution is 6.41. The van der Waals surface area contributed by atoms with Crippen LogP contribution < -0.4 is 29.7 Å². The van der Waals surface area contributed by atoms with Gasteiger partial charge in [-0.2, -0.15) is 5.10 Å². The van der Waals surface area contributed by atoms with E-state index in [-0.39, 0.29) is 11.4 Å². The van der Waals surface area contributed by atoms with E-state index in [1.807, 2.05) is 6.07 Å². The van der Waals surface area contributed by atoms with Crippen molar-refractivity contribution >= 4 is 51.6 Å². The number of benzene rings is 2. The lowest BCUT2D eigenvalue weighted by atomic mass is 10.0. The fourth-order valence-corrected chi connectivity index (χ4v) is 5.55. The quantitative estimate of drug-likeness (QED) is 0.264. The van der Waals surface area contributed by atoms with E-state index in [1.54, 1.807) is 37.4 Å². The Bertz CT molecular complexity index is 1560. The van der Waals surface area contributed by atoms with E-state index in [1.165, 1.54) is 14.2 Å². The molecule has 5 rings (SSSR count). The van der Waals surface area contributed by atoms with E-state index in [0.717, 1.165) is 25.3 Å². The number of aromatic nitrogens is 3. The number of carbonyl (C=O) groups excluding carboxylic acids is 1. The molecule has 0 atom stereocenters. The second-order valence-corrected chi connectivity index (χ2v) is 10.8. The maximum atomic E-state index is 13.2. The Labute approximate surface area is 241 Å². The van der Waals surface area contributed by atoms with Gasteiger partial charge in [-0.15, -0.1) is 0 Å². The van der Waals surface area contributed by atoms with Gasteiger partial charge in [-0.3, -0.25) is 9.89 Å². The first-order valence-corrected chi connectivity index (χ1v) is 13.4. The number of fused-ring (bicyclic) bond motifs is 1. The number of nitrogens with one attached hydrogen (secondary N) is 3. The SMILES string of the molecule is COc1cc(C(=O)Nc2n[nH]c3nc(-c4c(Cl)c(OC)cc(OC)c4Cl)ccc23)ccc1N1CCNC(C)(C)C1. The topological polar surface area (TPSA) is 114 Å². The highest BCUT2D eigenvalue weighted by Gasteiger charge is 2.28. The van der Waals surface area contributed by atoms with Gasteiger partial charge in [0.2, 0.25) is 0 Å². The van der Waals surface area contributed by atoms with Crippen molar-refractivity contribution < 1.29 is 19.0 Å². The molecule has 1 fully saturated rings. The van der Waals surface area contributed by atoms with Crippen LogP contribution in [0.15, 0.2) is 36.4 Å². The standard InChI is InChI=1S/C28H30Cl2N6O4/c1-28(2)14-36(11-10-31-28)18-9-6-15(12-19(18)38-3)27(37)33-26-16-7-8-17(32-25(16)34-35-26)22-23(29)20(39-4)13-21(40-5)24(22)30/h6-9,12-13,31H,10-11,14H2,1-5H3,(H2,32,33,34,35,37). The Hall–Kier alpha value is -3.73. The van der Waals surface area contributed by atoms with Crippen LogP contribution in [0.1, 0.15) is 24.2 Å². The van der Waals surface area contributed by atoms with Crippen LogP contribution in [0.2, 0.25) is 10.0 Å². The fourth-order valence-electron chi connectivity index (χ4n) is 4.86. The van der Waals surface area contributed by atoms with E-state index in [9.17, 15) is 4.79 Å². The molecule has 12 heteroatoms. The summed E-state index contributed by atoms with van der Waals surface area (Å²) in [5, 5.41) is 14.7. The number of H-pyrrole nitrogens is 1. The van der Waals surface area contributed by atoms with Crippen LogP contribution in [-0.2, 0) is 0 Å². The first-order chi connectivity index (χ1) is 19.2. The molecule has 3 heterocycles. The second-order valence-electron chi connectivity index (χ2n) is 10.0. The van der Waals surface area contributed by atoms with E-state index in [0.29, 0.717) is 61.0 Å². The van der Waals surface area contributed by atoms with Gasteiger partial charge in [-0.25, -0.2) is 4.98 Å². The summed E-state index contributed by atoms with van der Waals surface area (Å²) in [4.78, 5) is 20.1. The van der Waals surface area contributed by atoms with Crippen LogP contribution in [0.5, 0.6) is 17.2 Å². The largest absolute Gasteiger partial charge is 0.495 e. The molecule has 0 aliphatic carbocycles. The molecule has 0 bridgehead atoms. The molecule has 0 spiro atoms. The first-order valence-electron chi connectivity index (χ1n) is 12.6. The summed E-state index contributed by atoms with van der Waals surface area (Å²) in [5.74, 6) is 1.45. The molecule has 0 unspecified atom stereocenters. The maximum absolute atomic E-state index is 13.2. The average Bonchev–Trinajstić information content (AvgIpc) is 3.34. The average molecular weight is 585 g/mol. The van der Waals surface area contributed by atoms with Gasteiger partial charge in [0, 0.05) is 42.4 Å². The third kappa shape index (κ3) is 5.22. The number of ether oxygens (including phenoxy) is 3. The van der Waals surface area contributed by atoms with Crippen LogP contribution >= 0.6 is 23.2 Å². The number of amides is 1. The fraction of sp³-hybridized carbons (Fsp3) is 0.321. The van der Waals surface area contributed by atoms with Gasteiger partial charge in [-0.1, -0.05) is 23.2 Å². The van der Waals surface area contributed by atoms with Crippen molar-refractivity contribution in [2.45, 2.75) is 19.4 Å². The third-order valence-electron chi connectivity index (χ3n) is 6.84. The number of rotatable bonds is 7. The number of hydrogen-bond donors (Lipinski definition) is 3. The van der Waals surface area contributed by atoms with Gasteiger partial charge in [-0.05, 0) is 44.2 Å². The molecule has 40 heavy (non-hydrogen) atoms. The summed E-state index contributed by atoms with van der Waals surface area (Å²) in [6, 6.07) is 10.6.